The van der Waals surface area contributed by atoms with Gasteiger partial charge in [-0.1, -0.05) is 12.1 Å². The molecule has 2 aromatic rings. The third-order valence-electron chi connectivity index (χ3n) is 2.58. The zero-order valence-corrected chi connectivity index (χ0v) is 13.1. The second-order valence-electron chi connectivity index (χ2n) is 4.23. The number of thiophene rings is 1. The molecule has 1 atom stereocenters. The molecule has 1 aromatic carbocycles. The van der Waals surface area contributed by atoms with E-state index in [9.17, 15) is 9.50 Å². The van der Waals surface area contributed by atoms with Gasteiger partial charge in [-0.15, -0.1) is 11.3 Å². The SMILES string of the molecule is OC(CNCc1ccc(Br)s1)COc1ccccc1F. The van der Waals surface area contributed by atoms with Crippen molar-refractivity contribution in [1.82, 2.24) is 5.32 Å². The normalized spacial score (nSPS) is 12.3. The zero-order valence-electron chi connectivity index (χ0n) is 10.7. The molecule has 0 saturated carbocycles. The number of benzene rings is 1. The van der Waals surface area contributed by atoms with E-state index in [2.05, 4.69) is 21.2 Å². The van der Waals surface area contributed by atoms with Crippen LogP contribution in [0.3, 0.4) is 0 Å². The van der Waals surface area contributed by atoms with Crippen molar-refractivity contribution in [1.29, 1.82) is 0 Å². The zero-order chi connectivity index (χ0) is 14.4. The summed E-state index contributed by atoms with van der Waals surface area (Å²) < 4.78 is 19.6. The molecule has 0 aliphatic rings. The predicted octanol–water partition coefficient (Wildman–Crippen LogP) is 3.18. The Hall–Kier alpha value is -0.950. The van der Waals surface area contributed by atoms with Crippen LogP contribution in [0.2, 0.25) is 0 Å². The van der Waals surface area contributed by atoms with Gasteiger partial charge in [0.25, 0.3) is 0 Å². The molecule has 1 aromatic heterocycles. The molecule has 2 N–H and O–H groups in total. The van der Waals surface area contributed by atoms with E-state index in [-0.39, 0.29) is 12.4 Å². The third kappa shape index (κ3) is 4.86. The summed E-state index contributed by atoms with van der Waals surface area (Å²) in [6, 6.07) is 10.2. The van der Waals surface area contributed by atoms with Crippen molar-refractivity contribution in [3.05, 3.63) is 50.9 Å². The molecule has 1 heterocycles. The highest BCUT2D eigenvalue weighted by Crippen LogP contribution is 2.21. The Bertz CT molecular complexity index is 549. The lowest BCUT2D eigenvalue weighted by molar-refractivity contribution is 0.104. The number of ether oxygens (including phenoxy) is 1. The molecule has 0 bridgehead atoms. The summed E-state index contributed by atoms with van der Waals surface area (Å²) in [6.45, 7) is 1.14. The second-order valence-corrected chi connectivity index (χ2v) is 6.78. The molecule has 3 nitrogen and oxygen atoms in total. The van der Waals surface area contributed by atoms with Crippen LogP contribution in [0.1, 0.15) is 4.88 Å². The molecule has 2 rings (SSSR count). The van der Waals surface area contributed by atoms with Crippen LogP contribution in [-0.2, 0) is 6.54 Å². The van der Waals surface area contributed by atoms with Crippen molar-refractivity contribution in [3.8, 4) is 5.75 Å². The van der Waals surface area contributed by atoms with E-state index in [0.29, 0.717) is 13.1 Å². The maximum absolute atomic E-state index is 13.3. The number of para-hydroxylation sites is 1. The summed E-state index contributed by atoms with van der Waals surface area (Å²) in [7, 11) is 0. The number of halogens is 2. The molecular formula is C14H15BrFNO2S. The lowest BCUT2D eigenvalue weighted by atomic mass is 10.3. The maximum atomic E-state index is 13.3. The standard InChI is InChI=1S/C14H15BrFNO2S/c15-14-6-5-11(20-14)8-17-7-10(18)9-19-13-4-2-1-3-12(13)16/h1-6,10,17-18H,7-9H2. The van der Waals surface area contributed by atoms with E-state index in [0.717, 1.165) is 3.79 Å². The molecular weight excluding hydrogens is 345 g/mol. The Kier molecular flexibility index (Phi) is 5.97. The number of hydrogen-bond donors (Lipinski definition) is 2. The van der Waals surface area contributed by atoms with Gasteiger partial charge in [0.1, 0.15) is 12.7 Å². The number of aliphatic hydroxyl groups is 1. The van der Waals surface area contributed by atoms with Crippen LogP contribution in [0, 0.1) is 5.82 Å². The Morgan fingerprint density at radius 1 is 1.30 bits per heavy atom. The summed E-state index contributed by atoms with van der Waals surface area (Å²) in [5.41, 5.74) is 0. The first kappa shape index (κ1) is 15.4. The minimum Gasteiger partial charge on any atom is -0.488 e. The summed E-state index contributed by atoms with van der Waals surface area (Å²) in [6.07, 6.45) is -0.682. The topological polar surface area (TPSA) is 41.5 Å². The third-order valence-corrected chi connectivity index (χ3v) is 4.20. The monoisotopic (exact) mass is 359 g/mol. The molecule has 0 spiro atoms. The first-order valence-electron chi connectivity index (χ1n) is 6.15. The van der Waals surface area contributed by atoms with Gasteiger partial charge >= 0.3 is 0 Å². The van der Waals surface area contributed by atoms with Crippen molar-refractivity contribution in [2.45, 2.75) is 12.6 Å². The van der Waals surface area contributed by atoms with Crippen LogP contribution in [0.25, 0.3) is 0 Å². The van der Waals surface area contributed by atoms with Crippen LogP contribution in [0.4, 0.5) is 4.39 Å². The van der Waals surface area contributed by atoms with Gasteiger partial charge in [-0.3, -0.25) is 0 Å². The van der Waals surface area contributed by atoms with Gasteiger partial charge in [-0.2, -0.15) is 0 Å². The van der Waals surface area contributed by atoms with Gasteiger partial charge in [0.15, 0.2) is 11.6 Å². The van der Waals surface area contributed by atoms with Crippen molar-refractivity contribution >= 4 is 27.3 Å². The molecule has 0 aliphatic heterocycles. The van der Waals surface area contributed by atoms with Gasteiger partial charge in [-0.25, -0.2) is 4.39 Å². The number of aliphatic hydroxyl groups excluding tert-OH is 1. The molecule has 1 unspecified atom stereocenters. The highest BCUT2D eigenvalue weighted by atomic mass is 79.9. The minimum atomic E-state index is -0.682. The molecule has 20 heavy (non-hydrogen) atoms. The smallest absolute Gasteiger partial charge is 0.165 e. The lowest BCUT2D eigenvalue weighted by Crippen LogP contribution is -2.31. The van der Waals surface area contributed by atoms with Crippen molar-refractivity contribution in [2.24, 2.45) is 0 Å². The highest BCUT2D eigenvalue weighted by Gasteiger charge is 2.07. The maximum Gasteiger partial charge on any atom is 0.165 e. The molecule has 0 amide bonds. The van der Waals surface area contributed by atoms with E-state index < -0.39 is 11.9 Å². The van der Waals surface area contributed by atoms with E-state index >= 15 is 0 Å². The van der Waals surface area contributed by atoms with Crippen molar-refractivity contribution < 1.29 is 14.2 Å². The first-order chi connectivity index (χ1) is 9.65. The van der Waals surface area contributed by atoms with Gasteiger partial charge in [0.05, 0.1) is 3.79 Å². The first-order valence-corrected chi connectivity index (χ1v) is 7.76. The Morgan fingerprint density at radius 3 is 2.80 bits per heavy atom. The van der Waals surface area contributed by atoms with Crippen LogP contribution in [0.5, 0.6) is 5.75 Å². The van der Waals surface area contributed by atoms with Crippen LogP contribution >= 0.6 is 27.3 Å². The molecule has 6 heteroatoms. The Labute approximate surface area is 129 Å². The summed E-state index contributed by atoms with van der Waals surface area (Å²) in [5.74, 6) is -0.259. The summed E-state index contributed by atoms with van der Waals surface area (Å²) in [4.78, 5) is 1.18. The number of rotatable bonds is 7. The Morgan fingerprint density at radius 2 is 2.10 bits per heavy atom. The van der Waals surface area contributed by atoms with Crippen LogP contribution < -0.4 is 10.1 Å². The molecule has 0 saturated heterocycles. The summed E-state index contributed by atoms with van der Waals surface area (Å²) >= 11 is 5.04. The van der Waals surface area contributed by atoms with Crippen molar-refractivity contribution in [2.75, 3.05) is 13.2 Å². The lowest BCUT2D eigenvalue weighted by Gasteiger charge is -2.13. The van der Waals surface area contributed by atoms with Crippen LogP contribution in [-0.4, -0.2) is 24.4 Å². The average Bonchev–Trinajstić information content (AvgIpc) is 2.83. The van der Waals surface area contributed by atoms with Gasteiger partial charge < -0.3 is 15.2 Å². The van der Waals surface area contributed by atoms with Gasteiger partial charge in [-0.05, 0) is 40.2 Å². The Balaban J connectivity index is 1.68. The minimum absolute atomic E-state index is 0.0576. The van der Waals surface area contributed by atoms with Crippen molar-refractivity contribution in [3.63, 3.8) is 0 Å². The van der Waals surface area contributed by atoms with E-state index in [1.807, 2.05) is 12.1 Å². The fourth-order valence-corrected chi connectivity index (χ4v) is 3.07. The molecule has 0 radical (unpaired) electrons. The largest absolute Gasteiger partial charge is 0.488 e. The van der Waals surface area contributed by atoms with Gasteiger partial charge in [0.2, 0.25) is 0 Å². The average molecular weight is 360 g/mol. The van der Waals surface area contributed by atoms with E-state index in [1.54, 1.807) is 29.5 Å². The quantitative estimate of drug-likeness (QED) is 0.797. The predicted molar refractivity (Wildman–Crippen MR) is 81.6 cm³/mol. The second kappa shape index (κ2) is 7.73. The summed E-state index contributed by atoms with van der Waals surface area (Å²) in [5, 5.41) is 12.9. The fourth-order valence-electron chi connectivity index (χ4n) is 1.62. The van der Waals surface area contributed by atoms with Gasteiger partial charge in [0, 0.05) is 18.0 Å². The van der Waals surface area contributed by atoms with E-state index in [4.69, 9.17) is 4.74 Å². The number of nitrogens with one attached hydrogen (secondary N) is 1. The molecule has 0 aliphatic carbocycles. The van der Waals surface area contributed by atoms with Crippen LogP contribution in [0.15, 0.2) is 40.2 Å². The number of hydrogen-bond acceptors (Lipinski definition) is 4. The van der Waals surface area contributed by atoms with E-state index in [1.165, 1.54) is 10.9 Å². The molecule has 0 fully saturated rings. The highest BCUT2D eigenvalue weighted by molar-refractivity contribution is 9.11. The fraction of sp³-hybridized carbons (Fsp3) is 0.286. The molecule has 108 valence electrons.